The van der Waals surface area contributed by atoms with Crippen LogP contribution in [0.3, 0.4) is 0 Å². The van der Waals surface area contributed by atoms with Crippen LogP contribution in [0.15, 0.2) is 22.7 Å². The molecule has 0 radical (unpaired) electrons. The fraction of sp³-hybridized carbons (Fsp3) is 0.533. The molecule has 1 unspecified atom stereocenters. The van der Waals surface area contributed by atoms with Crippen molar-refractivity contribution in [2.45, 2.75) is 46.0 Å². The minimum atomic E-state index is 0.187. The highest BCUT2D eigenvalue weighted by molar-refractivity contribution is 9.10. The molecule has 0 aliphatic rings. The fourth-order valence-electron chi connectivity index (χ4n) is 2.03. The van der Waals surface area contributed by atoms with Crippen LogP contribution in [-0.4, -0.2) is 5.78 Å². The van der Waals surface area contributed by atoms with Crippen LogP contribution in [0.5, 0.6) is 0 Å². The van der Waals surface area contributed by atoms with Crippen LogP contribution in [0.25, 0.3) is 0 Å². The third-order valence-electron chi connectivity index (χ3n) is 3.25. The zero-order chi connectivity index (χ0) is 13.5. The predicted octanol–water partition coefficient (Wildman–Crippen LogP) is 5.89. The number of benzene rings is 1. The van der Waals surface area contributed by atoms with Crippen LogP contribution in [0.1, 0.15) is 56.3 Å². The van der Waals surface area contributed by atoms with Gasteiger partial charge in [-0.15, -0.1) is 0 Å². The number of ketones is 1. The van der Waals surface area contributed by atoms with Crippen molar-refractivity contribution in [1.29, 1.82) is 0 Å². The smallest absolute Gasteiger partial charge is 0.164 e. The predicted molar refractivity (Wildman–Crippen MR) is 81.4 cm³/mol. The largest absolute Gasteiger partial charge is 0.294 e. The van der Waals surface area contributed by atoms with Crippen LogP contribution < -0.4 is 0 Å². The molecule has 0 N–H and O–H groups in total. The van der Waals surface area contributed by atoms with E-state index in [1.54, 1.807) is 12.1 Å². The fourth-order valence-corrected chi connectivity index (χ4v) is 2.67. The molecule has 0 amide bonds. The molecule has 0 aliphatic heterocycles. The van der Waals surface area contributed by atoms with Crippen molar-refractivity contribution in [2.24, 2.45) is 5.92 Å². The topological polar surface area (TPSA) is 17.1 Å². The molecular weight excluding hydrogens is 312 g/mol. The lowest BCUT2D eigenvalue weighted by atomic mass is 9.91. The molecule has 1 atom stereocenters. The van der Waals surface area contributed by atoms with Gasteiger partial charge in [0, 0.05) is 21.5 Å². The van der Waals surface area contributed by atoms with Gasteiger partial charge in [-0.05, 0) is 24.1 Å². The van der Waals surface area contributed by atoms with Gasteiger partial charge >= 0.3 is 0 Å². The number of rotatable bonds is 7. The van der Waals surface area contributed by atoms with Gasteiger partial charge in [0.25, 0.3) is 0 Å². The lowest BCUT2D eigenvalue weighted by Gasteiger charge is -2.14. The van der Waals surface area contributed by atoms with Crippen molar-refractivity contribution < 1.29 is 4.79 Å². The van der Waals surface area contributed by atoms with Crippen LogP contribution >= 0.6 is 27.5 Å². The summed E-state index contributed by atoms with van der Waals surface area (Å²) in [5.41, 5.74) is 0.706. The molecule has 1 aromatic carbocycles. The van der Waals surface area contributed by atoms with Gasteiger partial charge in [-0.25, -0.2) is 0 Å². The van der Waals surface area contributed by atoms with Gasteiger partial charge in [0.15, 0.2) is 5.78 Å². The molecule has 0 spiro atoms. The molecule has 0 heterocycles. The maximum absolute atomic E-state index is 12.3. The summed E-state index contributed by atoms with van der Waals surface area (Å²) in [4.78, 5) is 12.3. The molecule has 1 aromatic rings. The SMILES string of the molecule is CCCCC(CC)CC(=O)c1cc(Cl)ccc1Br. The molecule has 0 aliphatic carbocycles. The molecule has 0 bridgehead atoms. The lowest BCUT2D eigenvalue weighted by Crippen LogP contribution is -2.09. The Kier molecular flexibility index (Phi) is 6.95. The normalized spacial score (nSPS) is 12.4. The Bertz CT molecular complexity index is 403. The van der Waals surface area contributed by atoms with Crippen molar-refractivity contribution in [3.63, 3.8) is 0 Å². The van der Waals surface area contributed by atoms with E-state index < -0.39 is 0 Å². The Morgan fingerprint density at radius 3 is 2.72 bits per heavy atom. The van der Waals surface area contributed by atoms with Crippen molar-refractivity contribution in [1.82, 2.24) is 0 Å². The Hall–Kier alpha value is -0.340. The minimum Gasteiger partial charge on any atom is -0.294 e. The molecule has 100 valence electrons. The Morgan fingerprint density at radius 2 is 2.11 bits per heavy atom. The standard InChI is InChI=1S/C15H20BrClO/c1-3-5-6-11(4-2)9-15(18)13-10-12(17)7-8-14(13)16/h7-8,10-11H,3-6,9H2,1-2H3. The Labute approximate surface area is 123 Å². The van der Waals surface area contributed by atoms with Crippen LogP contribution in [0, 0.1) is 5.92 Å². The summed E-state index contributed by atoms with van der Waals surface area (Å²) in [6, 6.07) is 5.37. The Balaban J connectivity index is 2.71. The summed E-state index contributed by atoms with van der Waals surface area (Å²) in [6.45, 7) is 4.34. The van der Waals surface area contributed by atoms with Gasteiger partial charge < -0.3 is 0 Å². The first kappa shape index (κ1) is 15.7. The molecule has 0 saturated carbocycles. The summed E-state index contributed by atoms with van der Waals surface area (Å²) < 4.78 is 0.835. The molecular formula is C15H20BrClO. The highest BCUT2D eigenvalue weighted by Gasteiger charge is 2.16. The number of unbranched alkanes of at least 4 members (excludes halogenated alkanes) is 1. The Morgan fingerprint density at radius 1 is 1.39 bits per heavy atom. The van der Waals surface area contributed by atoms with E-state index in [2.05, 4.69) is 29.8 Å². The van der Waals surface area contributed by atoms with E-state index in [9.17, 15) is 4.79 Å². The second kappa shape index (κ2) is 7.96. The van der Waals surface area contributed by atoms with Crippen LogP contribution in [-0.2, 0) is 0 Å². The van der Waals surface area contributed by atoms with Gasteiger partial charge in [-0.1, -0.05) is 67.1 Å². The molecule has 0 fully saturated rings. The number of hydrogen-bond donors (Lipinski definition) is 0. The lowest BCUT2D eigenvalue weighted by molar-refractivity contribution is 0.0956. The third-order valence-corrected chi connectivity index (χ3v) is 4.17. The van der Waals surface area contributed by atoms with Crippen LogP contribution in [0.2, 0.25) is 5.02 Å². The first-order valence-corrected chi connectivity index (χ1v) is 7.73. The van der Waals surface area contributed by atoms with E-state index in [1.807, 2.05) is 6.07 Å². The summed E-state index contributed by atoms with van der Waals surface area (Å²) in [7, 11) is 0. The molecule has 1 rings (SSSR count). The summed E-state index contributed by atoms with van der Waals surface area (Å²) >= 11 is 9.36. The van der Waals surface area contributed by atoms with Gasteiger partial charge in [0.1, 0.15) is 0 Å². The maximum Gasteiger partial charge on any atom is 0.164 e. The average molecular weight is 332 g/mol. The van der Waals surface area contributed by atoms with Gasteiger partial charge in [0.2, 0.25) is 0 Å². The van der Waals surface area contributed by atoms with Gasteiger partial charge in [-0.2, -0.15) is 0 Å². The van der Waals surface area contributed by atoms with E-state index in [4.69, 9.17) is 11.6 Å². The highest BCUT2D eigenvalue weighted by atomic mass is 79.9. The number of hydrogen-bond acceptors (Lipinski definition) is 1. The summed E-state index contributed by atoms with van der Waals surface area (Å²) in [5.74, 6) is 0.677. The van der Waals surface area contributed by atoms with E-state index in [-0.39, 0.29) is 5.78 Å². The van der Waals surface area contributed by atoms with E-state index in [1.165, 1.54) is 12.8 Å². The summed E-state index contributed by atoms with van der Waals surface area (Å²) in [5, 5.41) is 0.614. The van der Waals surface area contributed by atoms with Crippen molar-refractivity contribution >= 4 is 33.3 Å². The molecule has 0 aromatic heterocycles. The second-order valence-corrected chi connectivity index (χ2v) is 5.96. The van der Waals surface area contributed by atoms with Crippen molar-refractivity contribution in [2.75, 3.05) is 0 Å². The first-order valence-electron chi connectivity index (χ1n) is 6.56. The van der Waals surface area contributed by atoms with E-state index >= 15 is 0 Å². The van der Waals surface area contributed by atoms with Crippen molar-refractivity contribution in [3.8, 4) is 0 Å². The van der Waals surface area contributed by atoms with Gasteiger partial charge in [-0.3, -0.25) is 4.79 Å². The number of halogens is 2. The molecule has 1 nitrogen and oxygen atoms in total. The number of carbonyl (C=O) groups is 1. The van der Waals surface area contributed by atoms with E-state index in [0.29, 0.717) is 22.9 Å². The molecule has 0 saturated heterocycles. The second-order valence-electron chi connectivity index (χ2n) is 4.67. The zero-order valence-electron chi connectivity index (χ0n) is 11.0. The zero-order valence-corrected chi connectivity index (χ0v) is 13.4. The first-order chi connectivity index (χ1) is 8.58. The molecule has 18 heavy (non-hydrogen) atoms. The monoisotopic (exact) mass is 330 g/mol. The summed E-state index contributed by atoms with van der Waals surface area (Å²) in [6.07, 6.45) is 5.20. The molecule has 3 heteroatoms. The average Bonchev–Trinajstić information content (AvgIpc) is 2.37. The number of Topliss-reactive ketones (excluding diaryl/α,β-unsaturated/α-hetero) is 1. The minimum absolute atomic E-state index is 0.187. The third kappa shape index (κ3) is 4.74. The van der Waals surface area contributed by atoms with Crippen LogP contribution in [0.4, 0.5) is 0 Å². The quantitative estimate of drug-likeness (QED) is 0.569. The number of carbonyl (C=O) groups excluding carboxylic acids is 1. The van der Waals surface area contributed by atoms with E-state index in [0.717, 1.165) is 17.3 Å². The van der Waals surface area contributed by atoms with Gasteiger partial charge in [0.05, 0.1) is 0 Å². The van der Waals surface area contributed by atoms with Crippen molar-refractivity contribution in [3.05, 3.63) is 33.3 Å². The maximum atomic E-state index is 12.3. The highest BCUT2D eigenvalue weighted by Crippen LogP contribution is 2.25.